The number of methoxy groups -OCH3 is 1. The molecule has 9 heteroatoms. The molecule has 0 aliphatic carbocycles. The molecule has 1 aromatic rings. The van der Waals surface area contributed by atoms with Gasteiger partial charge in [0.05, 0.1) is 22.5 Å². The van der Waals surface area contributed by atoms with Gasteiger partial charge in [0.25, 0.3) is 0 Å². The zero-order chi connectivity index (χ0) is 16.0. The standard InChI is InChI=1S/C12H16BrFN2O4S/c1-16(8-12(17)15-5-6-20-2)21(18,19)9-3-4-10(13)11(14)7-9/h3-4,7H,5-6,8H2,1-2H3,(H,15,17). The molecule has 21 heavy (non-hydrogen) atoms. The Kier molecular flexibility index (Phi) is 6.72. The van der Waals surface area contributed by atoms with Crippen molar-refractivity contribution in [3.05, 3.63) is 28.5 Å². The molecule has 1 rings (SSSR count). The Hall–Kier alpha value is -1.03. The fourth-order valence-electron chi connectivity index (χ4n) is 1.45. The minimum atomic E-state index is -3.92. The van der Waals surface area contributed by atoms with Gasteiger partial charge in [-0.05, 0) is 34.1 Å². The van der Waals surface area contributed by atoms with E-state index >= 15 is 0 Å². The highest BCUT2D eigenvalue weighted by Gasteiger charge is 2.23. The van der Waals surface area contributed by atoms with Crippen LogP contribution < -0.4 is 5.32 Å². The molecule has 0 heterocycles. The van der Waals surface area contributed by atoms with E-state index in [0.29, 0.717) is 6.61 Å². The SMILES string of the molecule is COCCNC(=O)CN(C)S(=O)(=O)c1ccc(Br)c(F)c1. The van der Waals surface area contributed by atoms with Crippen LogP contribution in [-0.2, 0) is 19.6 Å². The van der Waals surface area contributed by atoms with Gasteiger partial charge >= 0.3 is 0 Å². The molecule has 0 saturated carbocycles. The fraction of sp³-hybridized carbons (Fsp3) is 0.417. The van der Waals surface area contributed by atoms with Gasteiger partial charge in [-0.3, -0.25) is 4.79 Å². The molecule has 0 radical (unpaired) electrons. The third kappa shape index (κ3) is 5.03. The number of carbonyl (C=O) groups excluding carboxylic acids is 1. The van der Waals surface area contributed by atoms with E-state index in [9.17, 15) is 17.6 Å². The minimum absolute atomic E-state index is 0.168. The van der Waals surface area contributed by atoms with Crippen LogP contribution >= 0.6 is 15.9 Å². The van der Waals surface area contributed by atoms with Crippen molar-refractivity contribution in [2.24, 2.45) is 0 Å². The topological polar surface area (TPSA) is 75.7 Å². The van der Waals surface area contributed by atoms with E-state index in [-0.39, 0.29) is 22.5 Å². The van der Waals surface area contributed by atoms with Crippen molar-refractivity contribution in [3.63, 3.8) is 0 Å². The van der Waals surface area contributed by atoms with Crippen molar-refractivity contribution in [2.45, 2.75) is 4.90 Å². The Labute approximate surface area is 131 Å². The number of sulfonamides is 1. The van der Waals surface area contributed by atoms with Crippen LogP contribution in [0.2, 0.25) is 0 Å². The Morgan fingerprint density at radius 1 is 1.48 bits per heavy atom. The van der Waals surface area contributed by atoms with Crippen molar-refractivity contribution >= 4 is 31.9 Å². The third-order valence-corrected chi connectivity index (χ3v) is 5.04. The summed E-state index contributed by atoms with van der Waals surface area (Å²) in [5.74, 6) is -1.15. The van der Waals surface area contributed by atoms with Crippen LogP contribution in [0.15, 0.2) is 27.6 Å². The molecule has 1 aromatic carbocycles. The second-order valence-corrected chi connectivity index (χ2v) is 7.08. The minimum Gasteiger partial charge on any atom is -0.383 e. The maximum atomic E-state index is 13.4. The maximum absolute atomic E-state index is 13.4. The quantitative estimate of drug-likeness (QED) is 0.713. The van der Waals surface area contributed by atoms with E-state index in [2.05, 4.69) is 21.2 Å². The summed E-state index contributed by atoms with van der Waals surface area (Å²) >= 11 is 2.95. The summed E-state index contributed by atoms with van der Waals surface area (Å²) in [5, 5.41) is 2.51. The van der Waals surface area contributed by atoms with E-state index < -0.39 is 21.7 Å². The molecule has 0 bridgehead atoms. The average molecular weight is 383 g/mol. The number of halogens is 2. The first-order valence-electron chi connectivity index (χ1n) is 5.96. The Morgan fingerprint density at radius 3 is 2.71 bits per heavy atom. The van der Waals surface area contributed by atoms with Gasteiger partial charge in [0.2, 0.25) is 15.9 Å². The van der Waals surface area contributed by atoms with E-state index in [0.717, 1.165) is 10.4 Å². The lowest BCUT2D eigenvalue weighted by molar-refractivity contribution is -0.121. The highest BCUT2D eigenvalue weighted by atomic mass is 79.9. The van der Waals surface area contributed by atoms with E-state index in [1.54, 1.807) is 0 Å². The monoisotopic (exact) mass is 382 g/mol. The molecule has 0 unspecified atom stereocenters. The lowest BCUT2D eigenvalue weighted by Crippen LogP contribution is -2.39. The number of nitrogens with zero attached hydrogens (tertiary/aromatic N) is 1. The molecule has 0 atom stereocenters. The number of nitrogens with one attached hydrogen (secondary N) is 1. The van der Waals surface area contributed by atoms with Crippen molar-refractivity contribution in [1.29, 1.82) is 0 Å². The summed E-state index contributed by atoms with van der Waals surface area (Å²) < 4.78 is 43.6. The van der Waals surface area contributed by atoms with Crippen molar-refractivity contribution in [1.82, 2.24) is 9.62 Å². The summed E-state index contributed by atoms with van der Waals surface area (Å²) in [4.78, 5) is 11.4. The van der Waals surface area contributed by atoms with Crippen molar-refractivity contribution in [3.8, 4) is 0 Å². The predicted molar refractivity (Wildman–Crippen MR) is 78.8 cm³/mol. The van der Waals surface area contributed by atoms with Crippen molar-refractivity contribution < 1.29 is 22.3 Å². The molecule has 0 fully saturated rings. The Balaban J connectivity index is 2.77. The number of ether oxygens (including phenoxy) is 1. The van der Waals surface area contributed by atoms with Crippen molar-refractivity contribution in [2.75, 3.05) is 33.9 Å². The molecule has 118 valence electrons. The molecule has 0 aromatic heterocycles. The Bertz CT molecular complexity index is 609. The highest BCUT2D eigenvalue weighted by Crippen LogP contribution is 2.21. The summed E-state index contributed by atoms with van der Waals surface area (Å²) in [6.07, 6.45) is 0. The summed E-state index contributed by atoms with van der Waals surface area (Å²) in [5.41, 5.74) is 0. The highest BCUT2D eigenvalue weighted by molar-refractivity contribution is 9.10. The molecular formula is C12H16BrFN2O4S. The van der Waals surface area contributed by atoms with Gasteiger partial charge in [-0.25, -0.2) is 12.8 Å². The molecule has 0 aliphatic heterocycles. The molecule has 1 amide bonds. The first kappa shape index (κ1) is 18.0. The molecule has 6 nitrogen and oxygen atoms in total. The maximum Gasteiger partial charge on any atom is 0.243 e. The van der Waals surface area contributed by atoms with Crippen LogP contribution in [0.4, 0.5) is 4.39 Å². The van der Waals surface area contributed by atoms with Gasteiger partial charge in [-0.1, -0.05) is 0 Å². The normalized spacial score (nSPS) is 11.7. The molecule has 1 N–H and O–H groups in total. The predicted octanol–water partition coefficient (Wildman–Crippen LogP) is 0.971. The average Bonchev–Trinajstić information content (AvgIpc) is 2.41. The number of carbonyl (C=O) groups is 1. The molecule has 0 aliphatic rings. The van der Waals surface area contributed by atoms with E-state index in [4.69, 9.17) is 4.74 Å². The zero-order valence-corrected chi connectivity index (χ0v) is 14.0. The fourth-order valence-corrected chi connectivity index (χ4v) is 2.84. The lowest BCUT2D eigenvalue weighted by Gasteiger charge is -2.17. The number of likely N-dealkylation sites (N-methyl/N-ethyl adjacent to an activating group) is 1. The first-order valence-corrected chi connectivity index (χ1v) is 8.19. The smallest absolute Gasteiger partial charge is 0.243 e. The number of hydrogen-bond acceptors (Lipinski definition) is 4. The van der Waals surface area contributed by atoms with E-state index in [1.165, 1.54) is 26.3 Å². The molecule has 0 saturated heterocycles. The van der Waals surface area contributed by atoms with Crippen LogP contribution in [0.3, 0.4) is 0 Å². The second-order valence-electron chi connectivity index (χ2n) is 4.18. The lowest BCUT2D eigenvalue weighted by atomic mass is 10.3. The van der Waals surface area contributed by atoms with Gasteiger partial charge in [-0.2, -0.15) is 4.31 Å². The van der Waals surface area contributed by atoms with Crippen LogP contribution in [-0.4, -0.2) is 52.5 Å². The van der Waals surface area contributed by atoms with Gasteiger partial charge in [0.15, 0.2) is 0 Å². The van der Waals surface area contributed by atoms with E-state index in [1.807, 2.05) is 0 Å². The number of benzene rings is 1. The zero-order valence-electron chi connectivity index (χ0n) is 11.6. The van der Waals surface area contributed by atoms with Gasteiger partial charge in [-0.15, -0.1) is 0 Å². The van der Waals surface area contributed by atoms with Gasteiger partial charge < -0.3 is 10.1 Å². The Morgan fingerprint density at radius 2 is 2.14 bits per heavy atom. The third-order valence-electron chi connectivity index (χ3n) is 2.59. The number of amides is 1. The largest absolute Gasteiger partial charge is 0.383 e. The first-order chi connectivity index (χ1) is 9.78. The molecular weight excluding hydrogens is 367 g/mol. The number of hydrogen-bond donors (Lipinski definition) is 1. The summed E-state index contributed by atoms with van der Waals surface area (Å²) in [6.45, 7) is 0.264. The summed E-state index contributed by atoms with van der Waals surface area (Å²) in [6, 6.07) is 3.47. The van der Waals surface area contributed by atoms with Crippen LogP contribution in [0.5, 0.6) is 0 Å². The van der Waals surface area contributed by atoms with Gasteiger partial charge in [0.1, 0.15) is 5.82 Å². The van der Waals surface area contributed by atoms with Gasteiger partial charge in [0, 0.05) is 20.7 Å². The van der Waals surface area contributed by atoms with Crippen LogP contribution in [0.25, 0.3) is 0 Å². The second kappa shape index (κ2) is 7.83. The van der Waals surface area contributed by atoms with Crippen LogP contribution in [0, 0.1) is 5.82 Å². The molecule has 0 spiro atoms. The summed E-state index contributed by atoms with van der Waals surface area (Å²) in [7, 11) is -1.18. The van der Waals surface area contributed by atoms with Crippen LogP contribution in [0.1, 0.15) is 0 Å². The number of rotatable bonds is 7.